The van der Waals surface area contributed by atoms with Crippen LogP contribution in [0.25, 0.3) is 0 Å². The van der Waals surface area contributed by atoms with Crippen molar-refractivity contribution < 1.29 is 13.2 Å². The highest BCUT2D eigenvalue weighted by Gasteiger charge is 2.26. The quantitative estimate of drug-likeness (QED) is 0.816. The number of hydrogen-bond donors (Lipinski definition) is 1. The molecule has 6 nitrogen and oxygen atoms in total. The highest BCUT2D eigenvalue weighted by atomic mass is 79.9. The molecule has 1 aliphatic heterocycles. The van der Waals surface area contributed by atoms with E-state index in [1.807, 2.05) is 13.0 Å². The summed E-state index contributed by atoms with van der Waals surface area (Å²) in [5.41, 5.74) is 1.41. The maximum atomic E-state index is 12.5. The standard InChI is InChI=1S/C17H16BrN3O3S/c1-2-8-21-11-19-25(23,24)16-9-12(6-7-15(16)21)17(22)20-14-5-3-4-13(18)10-14/h3-7,9-11H,2,8H2,1H3,(H,20,22). The number of benzene rings is 2. The van der Waals surface area contributed by atoms with E-state index < -0.39 is 10.0 Å². The fraction of sp³-hybridized carbons (Fsp3) is 0.176. The van der Waals surface area contributed by atoms with E-state index in [0.29, 0.717) is 17.9 Å². The summed E-state index contributed by atoms with van der Waals surface area (Å²) >= 11 is 3.34. The maximum absolute atomic E-state index is 12.5. The summed E-state index contributed by atoms with van der Waals surface area (Å²) in [7, 11) is -3.79. The predicted molar refractivity (Wildman–Crippen MR) is 102 cm³/mol. The van der Waals surface area contributed by atoms with E-state index in [1.54, 1.807) is 35.2 Å². The fourth-order valence-corrected chi connectivity index (χ4v) is 4.00. The molecule has 0 bridgehead atoms. The van der Waals surface area contributed by atoms with Gasteiger partial charge in [-0.3, -0.25) is 4.79 Å². The number of nitrogens with zero attached hydrogens (tertiary/aromatic N) is 2. The van der Waals surface area contributed by atoms with Crippen molar-refractivity contribution in [2.75, 3.05) is 16.8 Å². The van der Waals surface area contributed by atoms with Crippen LogP contribution in [0.15, 0.2) is 56.2 Å². The van der Waals surface area contributed by atoms with Crippen molar-refractivity contribution >= 4 is 49.6 Å². The Morgan fingerprint density at radius 3 is 2.76 bits per heavy atom. The molecule has 8 heteroatoms. The molecule has 0 aromatic heterocycles. The van der Waals surface area contributed by atoms with Gasteiger partial charge in [-0.2, -0.15) is 8.42 Å². The molecular weight excluding hydrogens is 406 g/mol. The molecule has 0 radical (unpaired) electrons. The van der Waals surface area contributed by atoms with E-state index in [0.717, 1.165) is 10.9 Å². The van der Waals surface area contributed by atoms with Crippen LogP contribution in [0.3, 0.4) is 0 Å². The molecule has 0 atom stereocenters. The van der Waals surface area contributed by atoms with E-state index in [9.17, 15) is 13.2 Å². The highest BCUT2D eigenvalue weighted by molar-refractivity contribution is 9.10. The van der Waals surface area contributed by atoms with Gasteiger partial charge in [-0.15, -0.1) is 4.40 Å². The number of carbonyl (C=O) groups is 1. The Labute approximate surface area is 154 Å². The highest BCUT2D eigenvalue weighted by Crippen LogP contribution is 2.31. The lowest BCUT2D eigenvalue weighted by molar-refractivity contribution is 0.102. The minimum absolute atomic E-state index is 0.0466. The summed E-state index contributed by atoms with van der Waals surface area (Å²) in [5.74, 6) is -0.382. The molecule has 0 aliphatic carbocycles. The molecule has 1 heterocycles. The molecule has 2 aromatic carbocycles. The van der Waals surface area contributed by atoms with Crippen LogP contribution in [-0.4, -0.2) is 27.2 Å². The number of sulfonamides is 1. The van der Waals surface area contributed by atoms with Crippen LogP contribution in [0.1, 0.15) is 23.7 Å². The lowest BCUT2D eigenvalue weighted by Crippen LogP contribution is -2.28. The lowest BCUT2D eigenvalue weighted by Gasteiger charge is -2.25. The van der Waals surface area contributed by atoms with E-state index in [1.165, 1.54) is 12.4 Å². The van der Waals surface area contributed by atoms with Gasteiger partial charge in [0.05, 0.1) is 5.69 Å². The van der Waals surface area contributed by atoms with E-state index >= 15 is 0 Å². The van der Waals surface area contributed by atoms with Crippen molar-refractivity contribution in [2.24, 2.45) is 4.40 Å². The first kappa shape index (κ1) is 17.6. The van der Waals surface area contributed by atoms with Gasteiger partial charge in [0.15, 0.2) is 0 Å². The molecule has 0 fully saturated rings. The average Bonchev–Trinajstić information content (AvgIpc) is 2.57. The van der Waals surface area contributed by atoms with Gasteiger partial charge in [0, 0.05) is 22.3 Å². The molecule has 2 aromatic rings. The molecule has 25 heavy (non-hydrogen) atoms. The minimum Gasteiger partial charge on any atom is -0.331 e. The number of anilines is 2. The van der Waals surface area contributed by atoms with Gasteiger partial charge >= 0.3 is 0 Å². The second kappa shape index (κ2) is 6.97. The summed E-state index contributed by atoms with van der Waals surface area (Å²) < 4.78 is 28.9. The number of halogens is 1. The van der Waals surface area contributed by atoms with Gasteiger partial charge in [0.1, 0.15) is 11.2 Å². The van der Waals surface area contributed by atoms with Gasteiger partial charge in [0.25, 0.3) is 15.9 Å². The summed E-state index contributed by atoms with van der Waals surface area (Å²) in [6.07, 6.45) is 2.17. The van der Waals surface area contributed by atoms with Crippen molar-refractivity contribution in [3.8, 4) is 0 Å². The van der Waals surface area contributed by atoms with Gasteiger partial charge in [0.2, 0.25) is 0 Å². The zero-order valence-electron chi connectivity index (χ0n) is 13.4. The first-order chi connectivity index (χ1) is 11.9. The van der Waals surface area contributed by atoms with Gasteiger partial charge in [-0.1, -0.05) is 28.9 Å². The Bertz CT molecular complexity index is 957. The van der Waals surface area contributed by atoms with Crippen molar-refractivity contribution in [3.63, 3.8) is 0 Å². The first-order valence-electron chi connectivity index (χ1n) is 7.69. The molecule has 1 aliphatic rings. The molecule has 0 saturated carbocycles. The zero-order valence-corrected chi connectivity index (χ0v) is 15.8. The summed E-state index contributed by atoms with van der Waals surface area (Å²) in [5, 5.41) is 2.75. The van der Waals surface area contributed by atoms with Crippen LogP contribution < -0.4 is 10.2 Å². The number of amides is 1. The molecule has 0 unspecified atom stereocenters. The lowest BCUT2D eigenvalue weighted by atomic mass is 10.1. The van der Waals surface area contributed by atoms with Crippen molar-refractivity contribution in [2.45, 2.75) is 18.2 Å². The molecule has 0 saturated heterocycles. The van der Waals surface area contributed by atoms with E-state index in [2.05, 4.69) is 25.6 Å². The molecule has 1 amide bonds. The molecule has 130 valence electrons. The van der Waals surface area contributed by atoms with Crippen molar-refractivity contribution in [3.05, 3.63) is 52.5 Å². The second-order valence-electron chi connectivity index (χ2n) is 5.54. The largest absolute Gasteiger partial charge is 0.331 e. The summed E-state index contributed by atoms with van der Waals surface area (Å²) in [6, 6.07) is 11.8. The SMILES string of the molecule is CCCN1C=NS(=O)(=O)c2cc(C(=O)Nc3cccc(Br)c3)ccc21. The third kappa shape index (κ3) is 3.74. The smallest absolute Gasteiger partial charge is 0.285 e. The Morgan fingerprint density at radius 1 is 1.24 bits per heavy atom. The molecule has 3 rings (SSSR count). The van der Waals surface area contributed by atoms with Crippen LogP contribution >= 0.6 is 15.9 Å². The molecule has 1 N–H and O–H groups in total. The van der Waals surface area contributed by atoms with Crippen LogP contribution in [0.5, 0.6) is 0 Å². The van der Waals surface area contributed by atoms with Gasteiger partial charge in [-0.05, 0) is 42.8 Å². The van der Waals surface area contributed by atoms with E-state index in [-0.39, 0.29) is 16.4 Å². The van der Waals surface area contributed by atoms with Crippen LogP contribution in [-0.2, 0) is 10.0 Å². The Balaban J connectivity index is 1.94. The molecular formula is C17H16BrN3O3S. The molecule has 0 spiro atoms. The predicted octanol–water partition coefficient (Wildman–Crippen LogP) is 3.65. The third-order valence-electron chi connectivity index (χ3n) is 3.68. The van der Waals surface area contributed by atoms with Crippen molar-refractivity contribution in [1.29, 1.82) is 0 Å². The topological polar surface area (TPSA) is 78.8 Å². The zero-order chi connectivity index (χ0) is 18.0. The third-order valence-corrected chi connectivity index (χ3v) is 5.43. The second-order valence-corrected chi connectivity index (χ2v) is 8.05. The monoisotopic (exact) mass is 421 g/mol. The minimum atomic E-state index is -3.79. The number of nitrogens with one attached hydrogen (secondary N) is 1. The van der Waals surface area contributed by atoms with Gasteiger partial charge in [-0.25, -0.2) is 0 Å². The van der Waals surface area contributed by atoms with Crippen LogP contribution in [0.4, 0.5) is 11.4 Å². The van der Waals surface area contributed by atoms with Crippen molar-refractivity contribution in [1.82, 2.24) is 0 Å². The first-order valence-corrected chi connectivity index (χ1v) is 9.92. The Kier molecular flexibility index (Phi) is 4.91. The normalized spacial score (nSPS) is 14.9. The summed E-state index contributed by atoms with van der Waals surface area (Å²) in [4.78, 5) is 14.3. The Hall–Kier alpha value is -2.19. The van der Waals surface area contributed by atoms with E-state index in [4.69, 9.17) is 0 Å². The van der Waals surface area contributed by atoms with Crippen LogP contribution in [0, 0.1) is 0 Å². The average molecular weight is 422 g/mol. The number of fused-ring (bicyclic) bond motifs is 1. The maximum Gasteiger partial charge on any atom is 0.285 e. The number of rotatable bonds is 4. The number of carbonyl (C=O) groups excluding carboxylic acids is 1. The Morgan fingerprint density at radius 2 is 2.04 bits per heavy atom. The number of hydrogen-bond acceptors (Lipinski definition) is 4. The summed E-state index contributed by atoms with van der Waals surface area (Å²) in [6.45, 7) is 2.64. The fourth-order valence-electron chi connectivity index (χ4n) is 2.53. The van der Waals surface area contributed by atoms with Gasteiger partial charge < -0.3 is 10.2 Å². The van der Waals surface area contributed by atoms with Crippen LogP contribution in [0.2, 0.25) is 0 Å².